The van der Waals surface area contributed by atoms with E-state index < -0.39 is 0 Å². The normalized spacial score (nSPS) is 11.8. The largest absolute Gasteiger partial charge is 0.484 e. The first-order valence-electron chi connectivity index (χ1n) is 7.33. The average Bonchev–Trinajstić information content (AvgIpc) is 2.56. The summed E-state index contributed by atoms with van der Waals surface area (Å²) in [5.74, 6) is 0.405. The highest BCUT2D eigenvalue weighted by atomic mass is 35.5. The zero-order valence-electron chi connectivity index (χ0n) is 13.2. The number of carbonyl (C=O) groups excluding carboxylic acids is 1. The lowest BCUT2D eigenvalue weighted by Crippen LogP contribution is -2.33. The van der Waals surface area contributed by atoms with E-state index in [0.29, 0.717) is 17.3 Å². The molecule has 1 unspecified atom stereocenters. The lowest BCUT2D eigenvalue weighted by Gasteiger charge is -2.18. The highest BCUT2D eigenvalue weighted by molar-refractivity contribution is 6.30. The molecule has 23 heavy (non-hydrogen) atoms. The SMILES string of the molecule is COC(CNC(=O)COc1ccc(Cl)cc1)c1ccccc1C. The van der Waals surface area contributed by atoms with Gasteiger partial charge in [0.15, 0.2) is 6.61 Å². The molecule has 0 aromatic heterocycles. The summed E-state index contributed by atoms with van der Waals surface area (Å²) in [4.78, 5) is 11.9. The van der Waals surface area contributed by atoms with Gasteiger partial charge in [0.25, 0.3) is 5.91 Å². The second kappa shape index (κ2) is 8.56. The minimum Gasteiger partial charge on any atom is -0.484 e. The number of nitrogens with one attached hydrogen (secondary N) is 1. The summed E-state index contributed by atoms with van der Waals surface area (Å²) in [5.41, 5.74) is 2.19. The van der Waals surface area contributed by atoms with Crippen molar-refractivity contribution in [2.45, 2.75) is 13.0 Å². The maximum absolute atomic E-state index is 11.9. The second-order valence-electron chi connectivity index (χ2n) is 5.13. The fourth-order valence-corrected chi connectivity index (χ4v) is 2.33. The summed E-state index contributed by atoms with van der Waals surface area (Å²) in [6.07, 6.45) is -0.185. The highest BCUT2D eigenvalue weighted by Gasteiger charge is 2.14. The summed E-state index contributed by atoms with van der Waals surface area (Å²) in [6, 6.07) is 14.8. The van der Waals surface area contributed by atoms with Gasteiger partial charge in [-0.05, 0) is 42.3 Å². The van der Waals surface area contributed by atoms with Crippen molar-refractivity contribution < 1.29 is 14.3 Å². The van der Waals surface area contributed by atoms with Gasteiger partial charge < -0.3 is 14.8 Å². The van der Waals surface area contributed by atoms with E-state index in [9.17, 15) is 4.79 Å². The van der Waals surface area contributed by atoms with Crippen LogP contribution in [0.4, 0.5) is 0 Å². The molecule has 0 saturated carbocycles. The maximum atomic E-state index is 11.9. The van der Waals surface area contributed by atoms with E-state index in [4.69, 9.17) is 21.1 Å². The molecule has 0 saturated heterocycles. The number of hydrogen-bond acceptors (Lipinski definition) is 3. The molecule has 1 atom stereocenters. The topological polar surface area (TPSA) is 47.6 Å². The molecule has 1 N–H and O–H groups in total. The molecule has 0 fully saturated rings. The fraction of sp³-hybridized carbons (Fsp3) is 0.278. The third-order valence-corrected chi connectivity index (χ3v) is 3.74. The van der Waals surface area contributed by atoms with Gasteiger partial charge in [0, 0.05) is 18.7 Å². The van der Waals surface area contributed by atoms with Crippen molar-refractivity contribution in [1.82, 2.24) is 5.32 Å². The van der Waals surface area contributed by atoms with Gasteiger partial charge >= 0.3 is 0 Å². The van der Waals surface area contributed by atoms with Crippen molar-refractivity contribution in [3.63, 3.8) is 0 Å². The number of carbonyl (C=O) groups is 1. The van der Waals surface area contributed by atoms with Crippen LogP contribution in [0.15, 0.2) is 48.5 Å². The predicted octanol–water partition coefficient (Wildman–Crippen LogP) is 3.53. The zero-order chi connectivity index (χ0) is 16.7. The van der Waals surface area contributed by atoms with Crippen molar-refractivity contribution in [2.24, 2.45) is 0 Å². The molecular formula is C18H20ClNO3. The summed E-state index contributed by atoms with van der Waals surface area (Å²) < 4.78 is 10.9. The number of halogens is 1. The third kappa shape index (κ3) is 5.27. The van der Waals surface area contributed by atoms with Crippen LogP contribution in [-0.4, -0.2) is 26.2 Å². The van der Waals surface area contributed by atoms with Crippen LogP contribution < -0.4 is 10.1 Å². The number of methoxy groups -OCH3 is 1. The van der Waals surface area contributed by atoms with Crippen molar-refractivity contribution in [3.05, 3.63) is 64.7 Å². The van der Waals surface area contributed by atoms with Crippen LogP contribution in [-0.2, 0) is 9.53 Å². The number of rotatable bonds is 7. The van der Waals surface area contributed by atoms with Crippen molar-refractivity contribution in [1.29, 1.82) is 0 Å². The Kier molecular flexibility index (Phi) is 6.44. The summed E-state index contributed by atoms with van der Waals surface area (Å²) in [7, 11) is 1.63. The van der Waals surface area contributed by atoms with Gasteiger partial charge in [-0.15, -0.1) is 0 Å². The molecule has 0 aliphatic heterocycles. The number of aryl methyl sites for hydroxylation is 1. The molecule has 122 valence electrons. The van der Waals surface area contributed by atoms with Gasteiger partial charge in [-0.25, -0.2) is 0 Å². The molecule has 4 nitrogen and oxygen atoms in total. The van der Waals surface area contributed by atoms with Crippen LogP contribution in [0.3, 0.4) is 0 Å². The van der Waals surface area contributed by atoms with Crippen LogP contribution in [0.25, 0.3) is 0 Å². The molecule has 1 amide bonds. The van der Waals surface area contributed by atoms with E-state index in [1.165, 1.54) is 0 Å². The van der Waals surface area contributed by atoms with Crippen LogP contribution in [0.1, 0.15) is 17.2 Å². The molecule has 0 aliphatic carbocycles. The van der Waals surface area contributed by atoms with Crippen LogP contribution in [0.5, 0.6) is 5.75 Å². The molecule has 2 aromatic rings. The molecule has 2 aromatic carbocycles. The molecular weight excluding hydrogens is 314 g/mol. The quantitative estimate of drug-likeness (QED) is 0.843. The average molecular weight is 334 g/mol. The Labute approximate surface area is 141 Å². The minimum atomic E-state index is -0.199. The monoisotopic (exact) mass is 333 g/mol. The molecule has 5 heteroatoms. The molecule has 0 heterocycles. The van der Waals surface area contributed by atoms with Crippen molar-refractivity contribution in [3.8, 4) is 5.75 Å². The molecule has 2 rings (SSSR count). The number of benzene rings is 2. The summed E-state index contributed by atoms with van der Waals surface area (Å²) >= 11 is 5.80. The predicted molar refractivity (Wildman–Crippen MR) is 90.9 cm³/mol. The highest BCUT2D eigenvalue weighted by Crippen LogP contribution is 2.19. The Bertz CT molecular complexity index is 643. The molecule has 0 aliphatic rings. The Morgan fingerprint density at radius 2 is 1.87 bits per heavy atom. The van der Waals surface area contributed by atoms with Crippen molar-refractivity contribution >= 4 is 17.5 Å². The Morgan fingerprint density at radius 3 is 2.52 bits per heavy atom. The lowest BCUT2D eigenvalue weighted by molar-refractivity contribution is -0.123. The van der Waals surface area contributed by atoms with Gasteiger partial charge in [-0.1, -0.05) is 35.9 Å². The van der Waals surface area contributed by atoms with E-state index in [0.717, 1.165) is 11.1 Å². The molecule has 0 spiro atoms. The van der Waals surface area contributed by atoms with E-state index in [-0.39, 0.29) is 18.6 Å². The van der Waals surface area contributed by atoms with Crippen LogP contribution in [0.2, 0.25) is 5.02 Å². The van der Waals surface area contributed by atoms with Gasteiger partial charge in [-0.2, -0.15) is 0 Å². The van der Waals surface area contributed by atoms with Crippen LogP contribution >= 0.6 is 11.6 Å². The summed E-state index contributed by atoms with van der Waals surface area (Å²) in [6.45, 7) is 2.36. The fourth-order valence-electron chi connectivity index (χ4n) is 2.21. The number of hydrogen-bond donors (Lipinski definition) is 1. The lowest BCUT2D eigenvalue weighted by atomic mass is 10.0. The number of ether oxygens (including phenoxy) is 2. The Balaban J connectivity index is 1.83. The Morgan fingerprint density at radius 1 is 1.17 bits per heavy atom. The Hall–Kier alpha value is -2.04. The van der Waals surface area contributed by atoms with Gasteiger partial charge in [-0.3, -0.25) is 4.79 Å². The maximum Gasteiger partial charge on any atom is 0.258 e. The van der Waals surface area contributed by atoms with E-state index in [1.807, 2.05) is 31.2 Å². The summed E-state index contributed by atoms with van der Waals surface area (Å²) in [5, 5.41) is 3.45. The van der Waals surface area contributed by atoms with Gasteiger partial charge in [0.2, 0.25) is 0 Å². The first-order valence-corrected chi connectivity index (χ1v) is 7.71. The van der Waals surface area contributed by atoms with E-state index >= 15 is 0 Å². The minimum absolute atomic E-state index is 0.0498. The number of amides is 1. The third-order valence-electron chi connectivity index (χ3n) is 3.49. The second-order valence-corrected chi connectivity index (χ2v) is 5.56. The van der Waals surface area contributed by atoms with Gasteiger partial charge in [0.1, 0.15) is 5.75 Å². The van der Waals surface area contributed by atoms with Crippen molar-refractivity contribution in [2.75, 3.05) is 20.3 Å². The smallest absolute Gasteiger partial charge is 0.258 e. The molecule has 0 radical (unpaired) electrons. The van der Waals surface area contributed by atoms with Crippen LogP contribution in [0, 0.1) is 6.92 Å². The first kappa shape index (κ1) is 17.3. The van der Waals surface area contributed by atoms with E-state index in [2.05, 4.69) is 5.32 Å². The van der Waals surface area contributed by atoms with E-state index in [1.54, 1.807) is 31.4 Å². The zero-order valence-corrected chi connectivity index (χ0v) is 14.0. The standard InChI is InChI=1S/C18H20ClNO3/c1-13-5-3-4-6-16(13)17(22-2)11-20-18(21)12-23-15-9-7-14(19)8-10-15/h3-10,17H,11-12H2,1-2H3,(H,20,21). The molecule has 0 bridgehead atoms. The van der Waals surface area contributed by atoms with Gasteiger partial charge in [0.05, 0.1) is 6.10 Å². The first-order chi connectivity index (χ1) is 11.1.